The highest BCUT2D eigenvalue weighted by Gasteiger charge is 2.29. The number of piperazine rings is 1. The zero-order chi connectivity index (χ0) is 18.4. The van der Waals surface area contributed by atoms with Gasteiger partial charge in [0.1, 0.15) is 0 Å². The molecule has 1 saturated heterocycles. The van der Waals surface area contributed by atoms with Crippen LogP contribution in [0.2, 0.25) is 0 Å². The summed E-state index contributed by atoms with van der Waals surface area (Å²) in [5.74, 6) is -0.806. The van der Waals surface area contributed by atoms with Crippen LogP contribution in [0.15, 0.2) is 60.7 Å². The largest absolute Gasteiger partial charge is 0.368 e. The number of amides is 2. The summed E-state index contributed by atoms with van der Waals surface area (Å²) in [5.41, 5.74) is 2.19. The Balaban J connectivity index is 1.57. The number of hydrogen-bond donors (Lipinski definition) is 0. The molecule has 1 heterocycles. The Morgan fingerprint density at radius 3 is 2.04 bits per heavy atom. The molecule has 2 aromatic rings. The number of carbonyl (C=O) groups excluding carboxylic acids is 2. The highest BCUT2D eigenvalue weighted by molar-refractivity contribution is 6.34. The molecule has 3 rings (SSSR count). The van der Waals surface area contributed by atoms with Crippen molar-refractivity contribution in [2.75, 3.05) is 37.6 Å². The predicted octanol–water partition coefficient (Wildman–Crippen LogP) is 2.38. The summed E-state index contributed by atoms with van der Waals surface area (Å²) in [7, 11) is 0. The van der Waals surface area contributed by atoms with Crippen molar-refractivity contribution in [2.24, 2.45) is 0 Å². The number of hydrogen-bond acceptors (Lipinski definition) is 3. The van der Waals surface area contributed by atoms with Crippen LogP contribution in [-0.2, 0) is 16.1 Å². The Bertz CT molecular complexity index is 725. The van der Waals surface area contributed by atoms with E-state index < -0.39 is 11.8 Å². The highest BCUT2D eigenvalue weighted by Crippen LogP contribution is 2.16. The lowest BCUT2D eigenvalue weighted by molar-refractivity contribution is -0.152. The first-order valence-electron chi connectivity index (χ1n) is 9.11. The van der Waals surface area contributed by atoms with Gasteiger partial charge in [-0.2, -0.15) is 0 Å². The molecule has 0 aliphatic carbocycles. The van der Waals surface area contributed by atoms with Gasteiger partial charge in [0.25, 0.3) is 0 Å². The molecule has 0 bridgehead atoms. The van der Waals surface area contributed by atoms with E-state index in [1.165, 1.54) is 0 Å². The van der Waals surface area contributed by atoms with E-state index in [-0.39, 0.29) is 0 Å². The molecule has 0 aromatic heterocycles. The molecule has 2 aromatic carbocycles. The van der Waals surface area contributed by atoms with Gasteiger partial charge in [0, 0.05) is 45.0 Å². The van der Waals surface area contributed by atoms with Crippen molar-refractivity contribution < 1.29 is 9.59 Å². The molecule has 5 heteroatoms. The zero-order valence-electron chi connectivity index (χ0n) is 15.2. The first kappa shape index (κ1) is 18.0. The molecule has 5 nitrogen and oxygen atoms in total. The Morgan fingerprint density at radius 2 is 1.46 bits per heavy atom. The minimum atomic E-state index is -0.412. The molecule has 1 fully saturated rings. The number of anilines is 1. The van der Waals surface area contributed by atoms with E-state index in [0.29, 0.717) is 26.2 Å². The second-order valence-corrected chi connectivity index (χ2v) is 6.42. The van der Waals surface area contributed by atoms with Crippen LogP contribution >= 0.6 is 0 Å². The molecule has 0 N–H and O–H groups in total. The van der Waals surface area contributed by atoms with Gasteiger partial charge in [-0.3, -0.25) is 9.59 Å². The molecule has 1 aliphatic heterocycles. The van der Waals surface area contributed by atoms with E-state index in [1.807, 2.05) is 55.5 Å². The molecule has 0 saturated carbocycles. The van der Waals surface area contributed by atoms with Crippen LogP contribution in [0, 0.1) is 0 Å². The van der Waals surface area contributed by atoms with E-state index in [4.69, 9.17) is 0 Å². The molecule has 136 valence electrons. The maximum absolute atomic E-state index is 12.7. The third-order valence-electron chi connectivity index (χ3n) is 4.76. The monoisotopic (exact) mass is 351 g/mol. The molecule has 0 unspecified atom stereocenters. The summed E-state index contributed by atoms with van der Waals surface area (Å²) in [4.78, 5) is 30.8. The van der Waals surface area contributed by atoms with Gasteiger partial charge in [-0.1, -0.05) is 48.5 Å². The predicted molar refractivity (Wildman–Crippen MR) is 103 cm³/mol. The van der Waals surface area contributed by atoms with E-state index in [9.17, 15) is 9.59 Å². The summed E-state index contributed by atoms with van der Waals surface area (Å²) >= 11 is 0. The summed E-state index contributed by atoms with van der Waals surface area (Å²) in [5, 5.41) is 0. The molecule has 26 heavy (non-hydrogen) atoms. The third kappa shape index (κ3) is 4.23. The van der Waals surface area contributed by atoms with Crippen LogP contribution in [0.4, 0.5) is 5.69 Å². The van der Waals surface area contributed by atoms with Crippen molar-refractivity contribution in [3.05, 3.63) is 66.2 Å². The molecule has 2 amide bonds. The van der Waals surface area contributed by atoms with Gasteiger partial charge in [0.2, 0.25) is 0 Å². The first-order valence-corrected chi connectivity index (χ1v) is 9.11. The van der Waals surface area contributed by atoms with Crippen molar-refractivity contribution in [3.63, 3.8) is 0 Å². The summed E-state index contributed by atoms with van der Waals surface area (Å²) < 4.78 is 0. The van der Waals surface area contributed by atoms with Gasteiger partial charge >= 0.3 is 11.8 Å². The third-order valence-corrected chi connectivity index (χ3v) is 4.76. The summed E-state index contributed by atoms with van der Waals surface area (Å²) in [6.07, 6.45) is 0. The average Bonchev–Trinajstić information content (AvgIpc) is 2.72. The first-order chi connectivity index (χ1) is 12.7. The Kier molecular flexibility index (Phi) is 5.89. The lowest BCUT2D eigenvalue weighted by Gasteiger charge is -2.36. The normalized spacial score (nSPS) is 14.2. The fourth-order valence-corrected chi connectivity index (χ4v) is 3.21. The van der Waals surface area contributed by atoms with E-state index in [1.54, 1.807) is 9.80 Å². The number of benzene rings is 2. The standard InChI is InChI=1S/C21H25N3O2/c1-2-22(17-18-9-5-3-6-10-18)20(25)21(26)24-15-13-23(14-16-24)19-11-7-4-8-12-19/h3-12H,2,13-17H2,1H3. The molecule has 0 atom stereocenters. The van der Waals surface area contributed by atoms with Gasteiger partial charge in [-0.05, 0) is 24.6 Å². The molecule has 0 radical (unpaired) electrons. The van der Waals surface area contributed by atoms with Crippen molar-refractivity contribution in [1.29, 1.82) is 0 Å². The van der Waals surface area contributed by atoms with Crippen molar-refractivity contribution in [3.8, 4) is 0 Å². The fourth-order valence-electron chi connectivity index (χ4n) is 3.21. The Labute approximate surface area is 154 Å². The quantitative estimate of drug-likeness (QED) is 0.795. The topological polar surface area (TPSA) is 43.9 Å². The van der Waals surface area contributed by atoms with Crippen LogP contribution in [0.3, 0.4) is 0 Å². The molecular formula is C21H25N3O2. The number of nitrogens with zero attached hydrogens (tertiary/aromatic N) is 3. The Morgan fingerprint density at radius 1 is 0.885 bits per heavy atom. The van der Waals surface area contributed by atoms with Gasteiger partial charge in [-0.25, -0.2) is 0 Å². The van der Waals surface area contributed by atoms with Crippen LogP contribution < -0.4 is 4.90 Å². The van der Waals surface area contributed by atoms with Crippen molar-refractivity contribution in [2.45, 2.75) is 13.5 Å². The van der Waals surface area contributed by atoms with Gasteiger partial charge < -0.3 is 14.7 Å². The van der Waals surface area contributed by atoms with Gasteiger partial charge in [-0.15, -0.1) is 0 Å². The van der Waals surface area contributed by atoms with Crippen LogP contribution in [-0.4, -0.2) is 54.3 Å². The number of carbonyl (C=O) groups is 2. The van der Waals surface area contributed by atoms with Gasteiger partial charge in [0.15, 0.2) is 0 Å². The number of likely N-dealkylation sites (N-methyl/N-ethyl adjacent to an activating group) is 1. The lowest BCUT2D eigenvalue weighted by Crippen LogP contribution is -2.53. The minimum Gasteiger partial charge on any atom is -0.368 e. The van der Waals surface area contributed by atoms with Gasteiger partial charge in [0.05, 0.1) is 0 Å². The van der Waals surface area contributed by atoms with E-state index >= 15 is 0 Å². The summed E-state index contributed by atoms with van der Waals surface area (Å²) in [6.45, 7) is 5.52. The van der Waals surface area contributed by atoms with Crippen molar-refractivity contribution >= 4 is 17.5 Å². The molecule has 0 spiro atoms. The van der Waals surface area contributed by atoms with Crippen LogP contribution in [0.5, 0.6) is 0 Å². The second-order valence-electron chi connectivity index (χ2n) is 6.42. The van der Waals surface area contributed by atoms with Crippen LogP contribution in [0.25, 0.3) is 0 Å². The molecule has 1 aliphatic rings. The molecular weight excluding hydrogens is 326 g/mol. The maximum Gasteiger partial charge on any atom is 0.312 e. The Hall–Kier alpha value is -2.82. The highest BCUT2D eigenvalue weighted by atomic mass is 16.2. The van der Waals surface area contributed by atoms with Crippen LogP contribution in [0.1, 0.15) is 12.5 Å². The fraction of sp³-hybridized carbons (Fsp3) is 0.333. The lowest BCUT2D eigenvalue weighted by atomic mass is 10.2. The summed E-state index contributed by atoms with van der Waals surface area (Å²) in [6, 6.07) is 19.9. The minimum absolute atomic E-state index is 0.393. The van der Waals surface area contributed by atoms with E-state index in [0.717, 1.165) is 24.3 Å². The smallest absolute Gasteiger partial charge is 0.312 e. The van der Waals surface area contributed by atoms with E-state index in [2.05, 4.69) is 17.0 Å². The number of para-hydroxylation sites is 1. The maximum atomic E-state index is 12.7. The SMILES string of the molecule is CCN(Cc1ccccc1)C(=O)C(=O)N1CCN(c2ccccc2)CC1. The second kappa shape index (κ2) is 8.52. The average molecular weight is 351 g/mol. The van der Waals surface area contributed by atoms with Crippen molar-refractivity contribution in [1.82, 2.24) is 9.80 Å². The number of rotatable bonds is 4. The zero-order valence-corrected chi connectivity index (χ0v) is 15.2.